The fourth-order valence-electron chi connectivity index (χ4n) is 1.70. The molecule has 0 N–H and O–H groups in total. The molecule has 0 atom stereocenters. The van der Waals surface area contributed by atoms with E-state index in [1.54, 1.807) is 0 Å². The number of ether oxygens (including phenoxy) is 1. The second kappa shape index (κ2) is 6.09. The van der Waals surface area contributed by atoms with Gasteiger partial charge in [0.2, 0.25) is 0 Å². The topological polar surface area (TPSA) is 33.0 Å². The second-order valence-corrected chi connectivity index (χ2v) is 4.10. The minimum Gasteiger partial charge on any atom is -0.478 e. The lowest BCUT2D eigenvalue weighted by molar-refractivity contribution is 0.388. The predicted octanol–water partition coefficient (Wildman–Crippen LogP) is 3.72. The Hall–Kier alpha value is -1.98. The summed E-state index contributed by atoms with van der Waals surface area (Å²) in [6.45, 7) is 0. The molecule has 2 nitrogen and oxygen atoms in total. The van der Waals surface area contributed by atoms with Crippen LogP contribution in [-0.4, -0.2) is 6.07 Å². The molecule has 0 aliphatic carbocycles. The summed E-state index contributed by atoms with van der Waals surface area (Å²) in [5.74, 6) is 0.772. The summed E-state index contributed by atoms with van der Waals surface area (Å²) in [5.41, 5.74) is 3.06. The molecule has 0 fully saturated rings. The average molecular weight is 258 g/mol. The first-order valence-electron chi connectivity index (χ1n) is 5.58. The molecule has 0 amide bonds. The van der Waals surface area contributed by atoms with E-state index in [9.17, 15) is 0 Å². The number of rotatable bonds is 4. The van der Waals surface area contributed by atoms with Crippen LogP contribution in [0.1, 0.15) is 16.7 Å². The largest absolute Gasteiger partial charge is 0.478 e. The second-order valence-electron chi connectivity index (χ2n) is 3.88. The molecule has 90 valence electrons. The summed E-state index contributed by atoms with van der Waals surface area (Å²) in [6, 6.07) is 17.7. The third-order valence-electron chi connectivity index (χ3n) is 2.64. The molecule has 2 aromatic rings. The van der Waals surface area contributed by atoms with Crippen LogP contribution in [0.3, 0.4) is 0 Å². The van der Waals surface area contributed by atoms with Crippen molar-refractivity contribution in [3.63, 3.8) is 0 Å². The van der Waals surface area contributed by atoms with Crippen molar-refractivity contribution in [2.75, 3.05) is 6.07 Å². The van der Waals surface area contributed by atoms with Gasteiger partial charge < -0.3 is 4.74 Å². The van der Waals surface area contributed by atoms with E-state index in [-0.39, 0.29) is 6.07 Å². The fraction of sp³-hybridized carbons (Fsp3) is 0.133. The summed E-state index contributed by atoms with van der Waals surface area (Å²) in [5, 5.41) is 8.72. The van der Waals surface area contributed by atoms with Crippen molar-refractivity contribution in [2.24, 2.45) is 0 Å². The van der Waals surface area contributed by atoms with Gasteiger partial charge in [0.05, 0.1) is 11.6 Å². The van der Waals surface area contributed by atoms with Gasteiger partial charge in [-0.25, -0.2) is 0 Å². The third-order valence-corrected chi connectivity index (χ3v) is 2.74. The van der Waals surface area contributed by atoms with E-state index in [1.807, 2.05) is 48.5 Å². The van der Waals surface area contributed by atoms with Crippen LogP contribution in [0.15, 0.2) is 48.5 Å². The van der Waals surface area contributed by atoms with Gasteiger partial charge in [-0.1, -0.05) is 35.9 Å². The Kier molecular flexibility index (Phi) is 4.22. The number of halogens is 1. The monoisotopic (exact) mass is 257 g/mol. The van der Waals surface area contributed by atoms with E-state index in [4.69, 9.17) is 21.6 Å². The Labute approximate surface area is 111 Å². The lowest BCUT2D eigenvalue weighted by atomic mass is 10.0. The van der Waals surface area contributed by atoms with E-state index in [2.05, 4.69) is 6.07 Å². The molecule has 2 rings (SSSR count). The zero-order valence-corrected chi connectivity index (χ0v) is 10.5. The number of nitriles is 1. The van der Waals surface area contributed by atoms with Crippen molar-refractivity contribution in [1.82, 2.24) is 0 Å². The standard InChI is InChI=1S/C15H12ClNO/c16-11-18-15-7-5-13(6-8-15)9-12-1-3-14(10-17)4-2-12/h1-8H,9,11H2. The van der Waals surface area contributed by atoms with Crippen LogP contribution in [-0.2, 0) is 6.42 Å². The Morgan fingerprint density at radius 3 is 2.00 bits per heavy atom. The number of nitrogens with zero attached hydrogens (tertiary/aromatic N) is 1. The van der Waals surface area contributed by atoms with E-state index in [0.29, 0.717) is 5.56 Å². The van der Waals surface area contributed by atoms with Gasteiger partial charge in [-0.2, -0.15) is 5.26 Å². The molecule has 2 aromatic carbocycles. The number of hydrogen-bond donors (Lipinski definition) is 0. The van der Waals surface area contributed by atoms with Crippen LogP contribution >= 0.6 is 11.6 Å². The summed E-state index contributed by atoms with van der Waals surface area (Å²) in [7, 11) is 0. The molecule has 0 aliphatic rings. The summed E-state index contributed by atoms with van der Waals surface area (Å²) >= 11 is 5.49. The van der Waals surface area contributed by atoms with E-state index >= 15 is 0 Å². The highest BCUT2D eigenvalue weighted by Gasteiger charge is 1.98. The van der Waals surface area contributed by atoms with Crippen LogP contribution in [0.25, 0.3) is 0 Å². The maximum atomic E-state index is 8.72. The molecule has 0 saturated heterocycles. The maximum Gasteiger partial charge on any atom is 0.162 e. The normalized spacial score (nSPS) is 9.78. The van der Waals surface area contributed by atoms with Gasteiger partial charge in [0, 0.05) is 0 Å². The summed E-state index contributed by atoms with van der Waals surface area (Å²) < 4.78 is 5.17. The minimum atomic E-state index is 0.162. The molecule has 0 unspecified atom stereocenters. The first-order valence-corrected chi connectivity index (χ1v) is 6.12. The van der Waals surface area contributed by atoms with E-state index < -0.39 is 0 Å². The van der Waals surface area contributed by atoms with Crippen LogP contribution in [0.4, 0.5) is 0 Å². The highest BCUT2D eigenvalue weighted by atomic mass is 35.5. The van der Waals surface area contributed by atoms with Crippen LogP contribution in [0.2, 0.25) is 0 Å². The molecule has 0 heterocycles. The van der Waals surface area contributed by atoms with Gasteiger partial charge in [0.15, 0.2) is 6.07 Å². The molecule has 0 aromatic heterocycles. The zero-order valence-electron chi connectivity index (χ0n) is 9.77. The highest BCUT2D eigenvalue weighted by molar-refractivity contribution is 6.17. The Morgan fingerprint density at radius 1 is 0.944 bits per heavy atom. The van der Waals surface area contributed by atoms with Crippen molar-refractivity contribution < 1.29 is 4.74 Å². The molecule has 18 heavy (non-hydrogen) atoms. The Bertz CT molecular complexity index is 540. The van der Waals surface area contributed by atoms with Gasteiger partial charge in [0.25, 0.3) is 0 Å². The van der Waals surface area contributed by atoms with Gasteiger partial charge in [-0.15, -0.1) is 0 Å². The number of alkyl halides is 1. The van der Waals surface area contributed by atoms with E-state index in [0.717, 1.165) is 12.2 Å². The molecular formula is C15H12ClNO. The van der Waals surface area contributed by atoms with Gasteiger partial charge in [0.1, 0.15) is 5.75 Å². The molecule has 3 heteroatoms. The van der Waals surface area contributed by atoms with Gasteiger partial charge >= 0.3 is 0 Å². The molecule has 0 bridgehead atoms. The lowest BCUT2D eigenvalue weighted by Crippen LogP contribution is -1.91. The van der Waals surface area contributed by atoms with Crippen molar-refractivity contribution >= 4 is 11.6 Å². The molecule has 0 spiro atoms. The van der Waals surface area contributed by atoms with Crippen LogP contribution < -0.4 is 4.74 Å². The van der Waals surface area contributed by atoms with E-state index in [1.165, 1.54) is 11.1 Å². The average Bonchev–Trinajstić information content (AvgIpc) is 2.42. The Morgan fingerprint density at radius 2 is 1.50 bits per heavy atom. The maximum absolute atomic E-state index is 8.72. The third kappa shape index (κ3) is 3.26. The van der Waals surface area contributed by atoms with Crippen molar-refractivity contribution in [3.8, 4) is 11.8 Å². The van der Waals surface area contributed by atoms with Gasteiger partial charge in [-0.3, -0.25) is 0 Å². The van der Waals surface area contributed by atoms with Crippen molar-refractivity contribution in [2.45, 2.75) is 6.42 Å². The number of benzene rings is 2. The lowest BCUT2D eigenvalue weighted by Gasteiger charge is -2.04. The first kappa shape index (κ1) is 12.5. The molecule has 0 radical (unpaired) electrons. The zero-order chi connectivity index (χ0) is 12.8. The Balaban J connectivity index is 2.06. The molecular weight excluding hydrogens is 246 g/mol. The molecule has 0 aliphatic heterocycles. The fourth-order valence-corrected chi connectivity index (χ4v) is 1.83. The van der Waals surface area contributed by atoms with Crippen molar-refractivity contribution in [3.05, 3.63) is 65.2 Å². The number of hydrogen-bond acceptors (Lipinski definition) is 2. The highest BCUT2D eigenvalue weighted by Crippen LogP contribution is 2.16. The van der Waals surface area contributed by atoms with Crippen LogP contribution in [0.5, 0.6) is 5.75 Å². The quantitative estimate of drug-likeness (QED) is 0.782. The smallest absolute Gasteiger partial charge is 0.162 e. The molecule has 0 saturated carbocycles. The SMILES string of the molecule is N#Cc1ccc(Cc2ccc(OCCl)cc2)cc1. The predicted molar refractivity (Wildman–Crippen MR) is 71.8 cm³/mol. The summed E-state index contributed by atoms with van der Waals surface area (Å²) in [6.07, 6.45) is 0.840. The van der Waals surface area contributed by atoms with Gasteiger partial charge in [-0.05, 0) is 41.8 Å². The van der Waals surface area contributed by atoms with Crippen LogP contribution in [0, 0.1) is 11.3 Å². The summed E-state index contributed by atoms with van der Waals surface area (Å²) in [4.78, 5) is 0. The first-order chi connectivity index (χ1) is 8.81. The minimum absolute atomic E-state index is 0.162. The van der Waals surface area contributed by atoms with Crippen molar-refractivity contribution in [1.29, 1.82) is 5.26 Å².